The molecule has 0 saturated carbocycles. The van der Waals surface area contributed by atoms with Gasteiger partial charge in [0.2, 0.25) is 5.91 Å². The van der Waals surface area contributed by atoms with Gasteiger partial charge >= 0.3 is 0 Å². The molecule has 0 spiro atoms. The van der Waals surface area contributed by atoms with Crippen LogP contribution in [0.5, 0.6) is 0 Å². The molecule has 1 aliphatic heterocycles. The third-order valence-corrected chi connectivity index (χ3v) is 2.74. The molecule has 0 aromatic carbocycles. The largest absolute Gasteiger partial charge is 0.325 e. The fourth-order valence-electron chi connectivity index (χ4n) is 1.85. The van der Waals surface area contributed by atoms with E-state index in [2.05, 4.69) is 11.4 Å². The minimum atomic E-state index is -0.278. The van der Waals surface area contributed by atoms with Crippen LogP contribution in [0.15, 0.2) is 23.4 Å². The summed E-state index contributed by atoms with van der Waals surface area (Å²) in [7, 11) is 0. The van der Waals surface area contributed by atoms with Crippen LogP contribution in [-0.2, 0) is 4.79 Å². The summed E-state index contributed by atoms with van der Waals surface area (Å²) in [5.74, 6) is 0.138. The van der Waals surface area contributed by atoms with Gasteiger partial charge in [0.05, 0.1) is 5.41 Å². The molecular formula is C10H13NO. The molecule has 0 aromatic heterocycles. The molecule has 2 heteroatoms. The van der Waals surface area contributed by atoms with Crippen LogP contribution in [0.25, 0.3) is 0 Å². The van der Waals surface area contributed by atoms with Gasteiger partial charge in [-0.05, 0) is 38.3 Å². The lowest BCUT2D eigenvalue weighted by Gasteiger charge is -2.19. The standard InChI is InChI=1S/C10H13NO/c1-10(2)7-5-3-4-6-8(7)11-9(10)12/h4,6H,3,5H2,1-2H3,(H,11,12). The molecule has 0 bridgehead atoms. The van der Waals surface area contributed by atoms with Crippen molar-refractivity contribution in [2.24, 2.45) is 5.41 Å². The van der Waals surface area contributed by atoms with Crippen molar-refractivity contribution in [3.8, 4) is 0 Å². The van der Waals surface area contributed by atoms with E-state index in [-0.39, 0.29) is 11.3 Å². The molecule has 1 amide bonds. The van der Waals surface area contributed by atoms with Crippen LogP contribution in [0.4, 0.5) is 0 Å². The molecule has 0 fully saturated rings. The van der Waals surface area contributed by atoms with Gasteiger partial charge in [-0.3, -0.25) is 4.79 Å². The maximum atomic E-state index is 11.5. The average Bonchev–Trinajstić information content (AvgIpc) is 2.25. The van der Waals surface area contributed by atoms with Crippen LogP contribution in [0.2, 0.25) is 0 Å². The number of amides is 1. The Morgan fingerprint density at radius 2 is 2.25 bits per heavy atom. The molecule has 64 valence electrons. The Bertz CT molecular complexity index is 297. The van der Waals surface area contributed by atoms with Gasteiger partial charge in [-0.25, -0.2) is 0 Å². The number of carbonyl (C=O) groups excluding carboxylic acids is 1. The van der Waals surface area contributed by atoms with Crippen LogP contribution >= 0.6 is 0 Å². The van der Waals surface area contributed by atoms with Crippen LogP contribution in [0, 0.1) is 5.41 Å². The van der Waals surface area contributed by atoms with Gasteiger partial charge in [0.1, 0.15) is 0 Å². The number of hydrogen-bond acceptors (Lipinski definition) is 1. The zero-order valence-corrected chi connectivity index (χ0v) is 7.48. The second-order valence-electron chi connectivity index (χ2n) is 3.91. The summed E-state index contributed by atoms with van der Waals surface area (Å²) in [5, 5.41) is 2.90. The van der Waals surface area contributed by atoms with Gasteiger partial charge in [0.25, 0.3) is 0 Å². The normalized spacial score (nSPS) is 25.7. The predicted molar refractivity (Wildman–Crippen MR) is 47.3 cm³/mol. The van der Waals surface area contributed by atoms with Crippen LogP contribution in [0.1, 0.15) is 26.7 Å². The van der Waals surface area contributed by atoms with Crippen molar-refractivity contribution in [3.05, 3.63) is 23.4 Å². The SMILES string of the molecule is CC1(C)C(=O)NC2=C1CCC=C2. The summed E-state index contributed by atoms with van der Waals surface area (Å²) in [6.07, 6.45) is 6.22. The van der Waals surface area contributed by atoms with E-state index in [0.717, 1.165) is 18.5 Å². The Hall–Kier alpha value is -1.05. The van der Waals surface area contributed by atoms with Crippen molar-refractivity contribution in [1.82, 2.24) is 5.32 Å². The molecule has 0 atom stereocenters. The summed E-state index contributed by atoms with van der Waals surface area (Å²) < 4.78 is 0. The minimum absolute atomic E-state index is 0.138. The minimum Gasteiger partial charge on any atom is -0.325 e. The zero-order chi connectivity index (χ0) is 8.77. The summed E-state index contributed by atoms with van der Waals surface area (Å²) >= 11 is 0. The van der Waals surface area contributed by atoms with Crippen molar-refractivity contribution in [3.63, 3.8) is 0 Å². The maximum Gasteiger partial charge on any atom is 0.234 e. The Kier molecular flexibility index (Phi) is 1.40. The van der Waals surface area contributed by atoms with Crippen molar-refractivity contribution in [1.29, 1.82) is 0 Å². The molecule has 0 aromatic rings. The van der Waals surface area contributed by atoms with Gasteiger partial charge in [-0.15, -0.1) is 0 Å². The smallest absolute Gasteiger partial charge is 0.234 e. The fourth-order valence-corrected chi connectivity index (χ4v) is 1.85. The first-order valence-electron chi connectivity index (χ1n) is 4.34. The van der Waals surface area contributed by atoms with E-state index in [1.54, 1.807) is 0 Å². The third kappa shape index (κ3) is 0.840. The first-order chi connectivity index (χ1) is 5.62. The van der Waals surface area contributed by atoms with E-state index in [1.165, 1.54) is 5.57 Å². The predicted octanol–water partition coefficient (Wildman–Crippen LogP) is 1.75. The molecule has 1 aliphatic carbocycles. The number of carbonyl (C=O) groups is 1. The van der Waals surface area contributed by atoms with E-state index in [4.69, 9.17) is 0 Å². The first kappa shape index (κ1) is 7.59. The highest BCUT2D eigenvalue weighted by Crippen LogP contribution is 2.39. The van der Waals surface area contributed by atoms with Gasteiger partial charge in [-0.1, -0.05) is 6.08 Å². The Morgan fingerprint density at radius 3 is 2.92 bits per heavy atom. The maximum absolute atomic E-state index is 11.5. The van der Waals surface area contributed by atoms with Crippen molar-refractivity contribution in [2.45, 2.75) is 26.7 Å². The van der Waals surface area contributed by atoms with Crippen LogP contribution in [0.3, 0.4) is 0 Å². The quantitative estimate of drug-likeness (QED) is 0.579. The summed E-state index contributed by atoms with van der Waals surface area (Å²) in [6, 6.07) is 0. The van der Waals surface area contributed by atoms with Gasteiger partial charge in [0.15, 0.2) is 0 Å². The second kappa shape index (κ2) is 2.22. The third-order valence-electron chi connectivity index (χ3n) is 2.74. The Morgan fingerprint density at radius 1 is 1.50 bits per heavy atom. The highest BCUT2D eigenvalue weighted by Gasteiger charge is 2.39. The highest BCUT2D eigenvalue weighted by atomic mass is 16.2. The Balaban J connectivity index is 2.45. The average molecular weight is 163 g/mol. The topological polar surface area (TPSA) is 29.1 Å². The van der Waals surface area contributed by atoms with Crippen LogP contribution in [-0.4, -0.2) is 5.91 Å². The number of nitrogens with one attached hydrogen (secondary N) is 1. The van der Waals surface area contributed by atoms with E-state index < -0.39 is 0 Å². The van der Waals surface area contributed by atoms with Gasteiger partial charge in [-0.2, -0.15) is 0 Å². The van der Waals surface area contributed by atoms with Crippen molar-refractivity contribution >= 4 is 5.91 Å². The summed E-state index contributed by atoms with van der Waals surface area (Å²) in [4.78, 5) is 11.5. The monoisotopic (exact) mass is 163 g/mol. The van der Waals surface area contributed by atoms with E-state index in [0.29, 0.717) is 0 Å². The molecule has 12 heavy (non-hydrogen) atoms. The van der Waals surface area contributed by atoms with Crippen LogP contribution < -0.4 is 5.32 Å². The van der Waals surface area contributed by atoms with E-state index >= 15 is 0 Å². The zero-order valence-electron chi connectivity index (χ0n) is 7.48. The number of allylic oxidation sites excluding steroid dienone is 2. The summed E-state index contributed by atoms with van der Waals surface area (Å²) in [6.45, 7) is 3.98. The molecular weight excluding hydrogens is 150 g/mol. The van der Waals surface area contributed by atoms with Crippen molar-refractivity contribution < 1.29 is 4.79 Å². The Labute approximate surface area is 72.3 Å². The first-order valence-corrected chi connectivity index (χ1v) is 4.34. The number of rotatable bonds is 0. The molecule has 1 N–H and O–H groups in total. The molecule has 0 saturated heterocycles. The summed E-state index contributed by atoms with van der Waals surface area (Å²) in [5.41, 5.74) is 2.03. The highest BCUT2D eigenvalue weighted by molar-refractivity contribution is 5.91. The lowest BCUT2D eigenvalue weighted by atomic mass is 9.81. The van der Waals surface area contributed by atoms with Gasteiger partial charge < -0.3 is 5.32 Å². The molecule has 1 heterocycles. The number of hydrogen-bond donors (Lipinski definition) is 1. The molecule has 0 unspecified atom stereocenters. The van der Waals surface area contributed by atoms with Gasteiger partial charge in [0, 0.05) is 5.70 Å². The molecule has 2 nitrogen and oxygen atoms in total. The van der Waals surface area contributed by atoms with Crippen molar-refractivity contribution in [2.75, 3.05) is 0 Å². The van der Waals surface area contributed by atoms with E-state index in [9.17, 15) is 4.79 Å². The second-order valence-corrected chi connectivity index (χ2v) is 3.91. The fraction of sp³-hybridized carbons (Fsp3) is 0.500. The van der Waals surface area contributed by atoms with E-state index in [1.807, 2.05) is 19.9 Å². The molecule has 2 aliphatic rings. The lowest BCUT2D eigenvalue weighted by Crippen LogP contribution is -2.28. The molecule has 0 radical (unpaired) electrons. The lowest BCUT2D eigenvalue weighted by molar-refractivity contribution is -0.125. The molecule has 2 rings (SSSR count).